The number of nitrogens with zero attached hydrogens (tertiary/aromatic N) is 3. The number of carbonyl (C=O) groups is 2. The molecule has 2 amide bonds. The van der Waals surface area contributed by atoms with Gasteiger partial charge in [-0.1, -0.05) is 0 Å². The fourth-order valence-corrected chi connectivity index (χ4v) is 8.26. The molecular weight excluding hydrogens is 411 g/mol. The standard InChI is InChI=1S/C24H29FN4O3/c1-12-27-18-6-16(25)2-3-19(18)29(12)17-7-20(28(11-17)23(31)32)21-14-4-13-5-15(21)10-24(8-13,9-14)22(26)30/h2-3,6,13-15,17,20-21H,4-5,7-11H2,1H3,(H2,26,30)(H,31,32)/t13?,14-,15?,17?,20?,21?,24?/m1/s1. The molecule has 7 atom stereocenters. The summed E-state index contributed by atoms with van der Waals surface area (Å²) in [7, 11) is 0. The van der Waals surface area contributed by atoms with Crippen LogP contribution >= 0.6 is 0 Å². The molecule has 4 bridgehead atoms. The molecule has 170 valence electrons. The number of rotatable bonds is 3. The second kappa shape index (κ2) is 6.68. The summed E-state index contributed by atoms with van der Waals surface area (Å²) in [6, 6.07) is 4.50. The van der Waals surface area contributed by atoms with Gasteiger partial charge in [0.2, 0.25) is 5.91 Å². The van der Waals surface area contributed by atoms with Crippen LogP contribution in [0.15, 0.2) is 18.2 Å². The molecule has 6 unspecified atom stereocenters. The van der Waals surface area contributed by atoms with E-state index in [0.717, 1.165) is 49.9 Å². The zero-order chi connectivity index (χ0) is 22.4. The first-order valence-corrected chi connectivity index (χ1v) is 11.7. The van der Waals surface area contributed by atoms with E-state index in [1.165, 1.54) is 12.1 Å². The highest BCUT2D eigenvalue weighted by Gasteiger charge is 2.60. The van der Waals surface area contributed by atoms with Crippen molar-refractivity contribution in [2.24, 2.45) is 34.8 Å². The number of imidazole rings is 1. The first-order chi connectivity index (χ1) is 15.3. The molecule has 1 aromatic heterocycles. The summed E-state index contributed by atoms with van der Waals surface area (Å²) in [6.07, 6.45) is 4.52. The smallest absolute Gasteiger partial charge is 0.407 e. The van der Waals surface area contributed by atoms with Crippen LogP contribution in [-0.2, 0) is 4.79 Å². The van der Waals surface area contributed by atoms with Gasteiger partial charge in [-0.2, -0.15) is 0 Å². The third-order valence-electron chi connectivity index (χ3n) is 9.07. The maximum atomic E-state index is 13.7. The van der Waals surface area contributed by atoms with Crippen molar-refractivity contribution in [2.75, 3.05) is 6.54 Å². The minimum absolute atomic E-state index is 0.0335. The van der Waals surface area contributed by atoms with Crippen LogP contribution in [0.4, 0.5) is 9.18 Å². The molecule has 7 rings (SSSR count). The molecule has 2 aromatic rings. The third-order valence-corrected chi connectivity index (χ3v) is 9.07. The van der Waals surface area contributed by atoms with Gasteiger partial charge in [0.05, 0.1) is 17.1 Å². The van der Waals surface area contributed by atoms with E-state index in [1.807, 2.05) is 6.92 Å². The molecule has 1 saturated heterocycles. The number of aromatic nitrogens is 2. The highest BCUT2D eigenvalue weighted by atomic mass is 19.1. The summed E-state index contributed by atoms with van der Waals surface area (Å²) in [5.74, 6) is 1.81. The number of nitrogens with two attached hydrogens (primary N) is 1. The molecule has 0 spiro atoms. The van der Waals surface area contributed by atoms with Gasteiger partial charge in [-0.25, -0.2) is 14.2 Å². The van der Waals surface area contributed by atoms with Crippen molar-refractivity contribution >= 4 is 23.0 Å². The number of benzene rings is 1. The van der Waals surface area contributed by atoms with E-state index in [1.54, 1.807) is 11.0 Å². The molecule has 3 N–H and O–H groups in total. The Morgan fingerprint density at radius 2 is 1.91 bits per heavy atom. The van der Waals surface area contributed by atoms with Crippen molar-refractivity contribution in [3.63, 3.8) is 0 Å². The number of primary amides is 1. The van der Waals surface area contributed by atoms with Gasteiger partial charge in [-0.3, -0.25) is 4.79 Å². The Hall–Kier alpha value is -2.64. The van der Waals surface area contributed by atoms with Gasteiger partial charge >= 0.3 is 6.09 Å². The van der Waals surface area contributed by atoms with Crippen LogP contribution < -0.4 is 5.73 Å². The van der Waals surface area contributed by atoms with Crippen molar-refractivity contribution < 1.29 is 19.1 Å². The molecule has 2 heterocycles. The monoisotopic (exact) mass is 440 g/mol. The van der Waals surface area contributed by atoms with Gasteiger partial charge in [0, 0.05) is 24.1 Å². The normalized spacial score (nSPS) is 38.0. The average molecular weight is 441 g/mol. The van der Waals surface area contributed by atoms with E-state index in [2.05, 4.69) is 9.55 Å². The number of aryl methyl sites for hydroxylation is 1. The molecule has 5 aliphatic rings. The van der Waals surface area contributed by atoms with Crippen LogP contribution in [0.25, 0.3) is 11.0 Å². The Morgan fingerprint density at radius 3 is 2.56 bits per heavy atom. The van der Waals surface area contributed by atoms with E-state index in [-0.39, 0.29) is 35.1 Å². The van der Waals surface area contributed by atoms with E-state index >= 15 is 0 Å². The van der Waals surface area contributed by atoms with Crippen molar-refractivity contribution in [3.05, 3.63) is 29.8 Å². The minimum Gasteiger partial charge on any atom is -0.465 e. The number of halogens is 1. The van der Waals surface area contributed by atoms with Gasteiger partial charge in [-0.15, -0.1) is 0 Å². The second-order valence-electron chi connectivity index (χ2n) is 10.7. The Bertz CT molecular complexity index is 1110. The molecule has 32 heavy (non-hydrogen) atoms. The quantitative estimate of drug-likeness (QED) is 0.760. The first kappa shape index (κ1) is 20.0. The van der Waals surface area contributed by atoms with Gasteiger partial charge in [0.25, 0.3) is 0 Å². The highest BCUT2D eigenvalue weighted by molar-refractivity contribution is 5.81. The lowest BCUT2D eigenvalue weighted by molar-refractivity contribution is -0.153. The topological polar surface area (TPSA) is 101 Å². The number of carboxylic acid groups (broad SMARTS) is 1. The van der Waals surface area contributed by atoms with Crippen molar-refractivity contribution in [3.8, 4) is 0 Å². The number of amides is 2. The summed E-state index contributed by atoms with van der Waals surface area (Å²) in [4.78, 5) is 30.8. The van der Waals surface area contributed by atoms with E-state index in [0.29, 0.717) is 29.8 Å². The molecule has 1 aromatic carbocycles. The lowest BCUT2D eigenvalue weighted by atomic mass is 9.45. The molecule has 5 fully saturated rings. The van der Waals surface area contributed by atoms with Crippen molar-refractivity contribution in [1.82, 2.24) is 14.5 Å². The van der Waals surface area contributed by atoms with Gasteiger partial charge in [0.1, 0.15) is 11.6 Å². The third kappa shape index (κ3) is 2.74. The maximum Gasteiger partial charge on any atom is 0.407 e. The van der Waals surface area contributed by atoms with E-state index < -0.39 is 6.09 Å². The number of hydrogen-bond acceptors (Lipinski definition) is 3. The van der Waals surface area contributed by atoms with Crippen LogP contribution in [0.3, 0.4) is 0 Å². The fourth-order valence-electron chi connectivity index (χ4n) is 8.26. The average Bonchev–Trinajstić information content (AvgIpc) is 3.27. The predicted octanol–water partition coefficient (Wildman–Crippen LogP) is 3.71. The summed E-state index contributed by atoms with van der Waals surface area (Å²) < 4.78 is 15.8. The molecule has 4 aliphatic carbocycles. The summed E-state index contributed by atoms with van der Waals surface area (Å²) in [5, 5.41) is 10.1. The fraction of sp³-hybridized carbons (Fsp3) is 0.625. The predicted molar refractivity (Wildman–Crippen MR) is 115 cm³/mol. The number of fused-ring (bicyclic) bond motifs is 1. The summed E-state index contributed by atoms with van der Waals surface area (Å²) in [5.41, 5.74) is 6.92. The zero-order valence-electron chi connectivity index (χ0n) is 18.2. The second-order valence-corrected chi connectivity index (χ2v) is 10.7. The van der Waals surface area contributed by atoms with Crippen molar-refractivity contribution in [2.45, 2.75) is 57.5 Å². The highest BCUT2D eigenvalue weighted by Crippen LogP contribution is 2.64. The first-order valence-electron chi connectivity index (χ1n) is 11.7. The Labute approximate surface area is 185 Å². The molecule has 8 heteroatoms. The molecule has 4 saturated carbocycles. The van der Waals surface area contributed by atoms with Crippen LogP contribution in [0.2, 0.25) is 0 Å². The van der Waals surface area contributed by atoms with Gasteiger partial charge in [0.15, 0.2) is 0 Å². The largest absolute Gasteiger partial charge is 0.465 e. The lowest BCUT2D eigenvalue weighted by Crippen LogP contribution is -2.59. The number of carbonyl (C=O) groups excluding carboxylic acids is 1. The van der Waals surface area contributed by atoms with E-state index in [4.69, 9.17) is 5.73 Å². The number of hydrogen-bond donors (Lipinski definition) is 2. The van der Waals surface area contributed by atoms with Crippen molar-refractivity contribution in [1.29, 1.82) is 0 Å². The Balaban J connectivity index is 1.34. The summed E-state index contributed by atoms with van der Waals surface area (Å²) in [6.45, 7) is 2.31. The Kier molecular flexibility index (Phi) is 4.18. The minimum atomic E-state index is -0.885. The molecule has 1 aliphatic heterocycles. The maximum absolute atomic E-state index is 13.7. The van der Waals surface area contributed by atoms with Gasteiger partial charge in [-0.05, 0) is 81.3 Å². The lowest BCUT2D eigenvalue weighted by Gasteiger charge is -2.60. The van der Waals surface area contributed by atoms with E-state index in [9.17, 15) is 19.1 Å². The zero-order valence-corrected chi connectivity index (χ0v) is 18.2. The summed E-state index contributed by atoms with van der Waals surface area (Å²) >= 11 is 0. The number of likely N-dealkylation sites (tertiary alicyclic amines) is 1. The SMILES string of the molecule is Cc1nc2cc(F)ccc2n1C1CC(C2C3CC4C[C@@H]2CC(C(N)=O)(C4)C3)N(C(=O)O)C1. The molecule has 0 radical (unpaired) electrons. The van der Waals surface area contributed by atoms with Gasteiger partial charge < -0.3 is 20.3 Å². The van der Waals surface area contributed by atoms with Crippen LogP contribution in [-0.4, -0.2) is 44.1 Å². The molecule has 7 nitrogen and oxygen atoms in total. The molecular formula is C24H29FN4O3. The van der Waals surface area contributed by atoms with Crippen LogP contribution in [0.5, 0.6) is 0 Å². The van der Waals surface area contributed by atoms with Crippen LogP contribution in [0.1, 0.15) is 50.4 Å². The van der Waals surface area contributed by atoms with Crippen LogP contribution in [0, 0.1) is 41.8 Å². The Morgan fingerprint density at radius 1 is 1.19 bits per heavy atom.